The third-order valence-corrected chi connectivity index (χ3v) is 6.76. The van der Waals surface area contributed by atoms with E-state index in [0.29, 0.717) is 29.4 Å². The summed E-state index contributed by atoms with van der Waals surface area (Å²) in [5.74, 6) is -2.61. The highest BCUT2D eigenvalue weighted by atomic mass is 35.5. The third kappa shape index (κ3) is 7.19. The minimum atomic E-state index is -1.11. The second kappa shape index (κ2) is 14.2. The number of aromatic nitrogens is 3. The van der Waals surface area contributed by atoms with Crippen molar-refractivity contribution in [1.82, 2.24) is 34.8 Å². The van der Waals surface area contributed by atoms with Crippen LogP contribution < -0.4 is 20.7 Å². The standard InChI is InChI=1S/C29H33ClF2N8O3/c1-5-39(29(42)35-11-6-13-38(3)4)28(41)19-8-7-18(15-21(19)30)37-26-27-36-16-22(40(27)14-12-34-26)20-9-10-23(43-17-33-2)25(32)24(20)31/h7-10,12,14-16,33H,5-6,11,13,17H2,1-4H3,(H,34,37)(H,35,42). The van der Waals surface area contributed by atoms with E-state index in [1.807, 2.05) is 19.0 Å². The normalized spacial score (nSPS) is 11.2. The van der Waals surface area contributed by atoms with Crippen molar-refractivity contribution in [3.8, 4) is 17.0 Å². The number of fused-ring (bicyclic) bond motifs is 1. The monoisotopic (exact) mass is 614 g/mol. The highest BCUT2D eigenvalue weighted by Crippen LogP contribution is 2.32. The summed E-state index contributed by atoms with van der Waals surface area (Å²) in [5.41, 5.74) is 1.28. The molecule has 0 saturated carbocycles. The third-order valence-electron chi connectivity index (χ3n) is 6.45. The Morgan fingerprint density at radius 3 is 2.60 bits per heavy atom. The van der Waals surface area contributed by atoms with Crippen molar-refractivity contribution >= 4 is 40.7 Å². The average molecular weight is 615 g/mol. The molecular formula is C29H33ClF2N8O3. The van der Waals surface area contributed by atoms with E-state index in [1.54, 1.807) is 30.6 Å². The topological polar surface area (TPSA) is 116 Å². The molecule has 11 nitrogen and oxygen atoms in total. The SMILES string of the molecule is CCN(C(=O)NCCCN(C)C)C(=O)c1ccc(Nc2nccn3c(-c4ccc(OCNC)c(F)c4F)cnc23)cc1Cl. The van der Waals surface area contributed by atoms with E-state index in [0.717, 1.165) is 17.9 Å². The molecule has 2 aromatic carbocycles. The largest absolute Gasteiger partial charge is 0.475 e. The Hall–Kier alpha value is -4.33. The van der Waals surface area contributed by atoms with Crippen molar-refractivity contribution in [2.75, 3.05) is 52.8 Å². The molecule has 228 valence electrons. The summed E-state index contributed by atoms with van der Waals surface area (Å²) in [6.45, 7) is 3.13. The van der Waals surface area contributed by atoms with Gasteiger partial charge < -0.3 is 20.3 Å². The number of imidazole rings is 1. The molecule has 0 spiro atoms. The number of hydrogen-bond acceptors (Lipinski definition) is 8. The van der Waals surface area contributed by atoms with E-state index in [4.69, 9.17) is 16.3 Å². The zero-order valence-corrected chi connectivity index (χ0v) is 25.0. The number of carbonyl (C=O) groups is 2. The van der Waals surface area contributed by atoms with Crippen LogP contribution in [-0.4, -0.2) is 83.6 Å². The molecule has 0 aliphatic rings. The van der Waals surface area contributed by atoms with Crippen LogP contribution in [0.4, 0.5) is 25.1 Å². The molecular weight excluding hydrogens is 582 g/mol. The van der Waals surface area contributed by atoms with Crippen LogP contribution in [0.25, 0.3) is 16.9 Å². The van der Waals surface area contributed by atoms with Crippen molar-refractivity contribution in [1.29, 1.82) is 0 Å². The fourth-order valence-corrected chi connectivity index (χ4v) is 4.57. The fraction of sp³-hybridized carbons (Fsp3) is 0.310. The summed E-state index contributed by atoms with van der Waals surface area (Å²) in [7, 11) is 5.51. The maximum atomic E-state index is 15.0. The molecule has 0 aliphatic carbocycles. The van der Waals surface area contributed by atoms with E-state index in [9.17, 15) is 18.4 Å². The Kier molecular flexibility index (Phi) is 10.5. The average Bonchev–Trinajstić information content (AvgIpc) is 3.41. The maximum Gasteiger partial charge on any atom is 0.324 e. The minimum absolute atomic E-state index is 0.00733. The van der Waals surface area contributed by atoms with Crippen LogP contribution in [0.3, 0.4) is 0 Å². The van der Waals surface area contributed by atoms with Gasteiger partial charge in [0.2, 0.25) is 5.82 Å². The van der Waals surface area contributed by atoms with Gasteiger partial charge in [0.1, 0.15) is 6.73 Å². The second-order valence-corrected chi connectivity index (χ2v) is 10.2. The lowest BCUT2D eigenvalue weighted by Gasteiger charge is -2.21. The first-order valence-electron chi connectivity index (χ1n) is 13.5. The lowest BCUT2D eigenvalue weighted by Crippen LogP contribution is -2.44. The van der Waals surface area contributed by atoms with E-state index in [2.05, 4.69) is 25.9 Å². The molecule has 0 radical (unpaired) electrons. The predicted molar refractivity (Wildman–Crippen MR) is 161 cm³/mol. The molecule has 0 atom stereocenters. The van der Waals surface area contributed by atoms with E-state index >= 15 is 0 Å². The molecule has 0 bridgehead atoms. The highest BCUT2D eigenvalue weighted by Gasteiger charge is 2.24. The number of hydrogen-bond donors (Lipinski definition) is 3. The number of halogens is 3. The zero-order valence-electron chi connectivity index (χ0n) is 24.2. The number of nitrogens with zero attached hydrogens (tertiary/aromatic N) is 5. The molecule has 0 fully saturated rings. The summed E-state index contributed by atoms with van der Waals surface area (Å²) in [6.07, 6.45) is 5.21. The summed E-state index contributed by atoms with van der Waals surface area (Å²) >= 11 is 6.48. The molecule has 0 saturated heterocycles. The molecule has 4 rings (SSSR count). The molecule has 3 amide bonds. The number of rotatable bonds is 12. The van der Waals surface area contributed by atoms with Gasteiger partial charge in [0.25, 0.3) is 5.91 Å². The number of benzene rings is 2. The fourth-order valence-electron chi connectivity index (χ4n) is 4.31. The van der Waals surface area contributed by atoms with Crippen LogP contribution in [0.15, 0.2) is 48.9 Å². The Labute approximate surface area is 252 Å². The van der Waals surface area contributed by atoms with Gasteiger partial charge >= 0.3 is 6.03 Å². The van der Waals surface area contributed by atoms with Crippen LogP contribution in [-0.2, 0) is 0 Å². The smallest absolute Gasteiger partial charge is 0.324 e. The molecule has 14 heteroatoms. The van der Waals surface area contributed by atoms with Gasteiger partial charge in [0.05, 0.1) is 22.5 Å². The number of anilines is 2. The van der Waals surface area contributed by atoms with Crippen molar-refractivity contribution in [3.63, 3.8) is 0 Å². The maximum absolute atomic E-state index is 15.0. The predicted octanol–water partition coefficient (Wildman–Crippen LogP) is 4.75. The van der Waals surface area contributed by atoms with Gasteiger partial charge in [0.15, 0.2) is 23.0 Å². The van der Waals surface area contributed by atoms with Gasteiger partial charge in [-0.05, 0) is 71.4 Å². The molecule has 2 aromatic heterocycles. The van der Waals surface area contributed by atoms with E-state index in [-0.39, 0.29) is 35.2 Å². The van der Waals surface area contributed by atoms with Crippen molar-refractivity contribution < 1.29 is 23.1 Å². The first kappa shape index (κ1) is 31.6. The summed E-state index contributed by atoms with van der Waals surface area (Å²) < 4.78 is 36.4. The van der Waals surface area contributed by atoms with E-state index in [1.165, 1.54) is 36.7 Å². The molecule has 0 unspecified atom stereocenters. The number of urea groups is 1. The van der Waals surface area contributed by atoms with Gasteiger partial charge in [-0.3, -0.25) is 19.4 Å². The first-order chi connectivity index (χ1) is 20.7. The van der Waals surface area contributed by atoms with Crippen molar-refractivity contribution in [2.24, 2.45) is 0 Å². The van der Waals surface area contributed by atoms with E-state index < -0.39 is 23.6 Å². The van der Waals surface area contributed by atoms with Gasteiger partial charge in [-0.15, -0.1) is 0 Å². The van der Waals surface area contributed by atoms with Gasteiger partial charge in [-0.1, -0.05) is 11.6 Å². The summed E-state index contributed by atoms with van der Waals surface area (Å²) in [6, 6.07) is 6.94. The lowest BCUT2D eigenvalue weighted by molar-refractivity contribution is 0.0807. The van der Waals surface area contributed by atoms with Crippen molar-refractivity contribution in [3.05, 3.63) is 71.1 Å². The molecule has 0 aliphatic heterocycles. The quantitative estimate of drug-likeness (QED) is 0.155. The van der Waals surface area contributed by atoms with Crippen LogP contribution in [0.2, 0.25) is 5.02 Å². The van der Waals surface area contributed by atoms with Crippen molar-refractivity contribution in [2.45, 2.75) is 13.3 Å². The summed E-state index contributed by atoms with van der Waals surface area (Å²) in [5, 5.41) is 8.70. The Balaban J connectivity index is 1.53. The van der Waals surface area contributed by atoms with Gasteiger partial charge in [-0.2, -0.15) is 4.39 Å². The van der Waals surface area contributed by atoms with Gasteiger partial charge in [0, 0.05) is 36.7 Å². The number of ether oxygens (including phenoxy) is 1. The van der Waals surface area contributed by atoms with Gasteiger partial charge in [-0.25, -0.2) is 19.2 Å². The number of amides is 3. The highest BCUT2D eigenvalue weighted by molar-refractivity contribution is 6.34. The van der Waals surface area contributed by atoms with Crippen LogP contribution in [0, 0.1) is 11.6 Å². The molecule has 43 heavy (non-hydrogen) atoms. The Morgan fingerprint density at radius 1 is 1.12 bits per heavy atom. The van der Waals surface area contributed by atoms with Crippen LogP contribution in [0.5, 0.6) is 5.75 Å². The van der Waals surface area contributed by atoms with Crippen LogP contribution in [0.1, 0.15) is 23.7 Å². The summed E-state index contributed by atoms with van der Waals surface area (Å²) in [4.78, 5) is 37.6. The van der Waals surface area contributed by atoms with Crippen LogP contribution >= 0.6 is 11.6 Å². The molecule has 4 aromatic rings. The Bertz CT molecular complexity index is 1610. The number of carbonyl (C=O) groups excluding carboxylic acids is 2. The first-order valence-corrected chi connectivity index (χ1v) is 13.9. The number of imide groups is 1. The number of nitrogens with one attached hydrogen (secondary N) is 3. The second-order valence-electron chi connectivity index (χ2n) is 9.75. The Morgan fingerprint density at radius 2 is 1.91 bits per heavy atom. The molecule has 3 N–H and O–H groups in total. The minimum Gasteiger partial charge on any atom is -0.475 e. The molecule has 2 heterocycles. The lowest BCUT2D eigenvalue weighted by atomic mass is 10.1. The zero-order chi connectivity index (χ0) is 31.1.